The Kier molecular flexibility index (Phi) is 6.22. The molecule has 1 saturated heterocycles. The Labute approximate surface area is 200 Å². The summed E-state index contributed by atoms with van der Waals surface area (Å²) >= 11 is 1.70. The molecule has 0 radical (unpaired) electrons. The van der Waals surface area contributed by atoms with Gasteiger partial charge in [0.15, 0.2) is 17.3 Å². The number of hydrogen-bond acceptors (Lipinski definition) is 6. The molecule has 1 saturated carbocycles. The number of thioether (sulfide) groups is 1. The van der Waals surface area contributed by atoms with Crippen LogP contribution in [0.15, 0.2) is 40.2 Å². The minimum Gasteiger partial charge on any atom is -0.440 e. The van der Waals surface area contributed by atoms with E-state index in [0.717, 1.165) is 54.6 Å². The van der Waals surface area contributed by atoms with Crippen molar-refractivity contribution < 1.29 is 17.6 Å². The van der Waals surface area contributed by atoms with Gasteiger partial charge in [-0.2, -0.15) is 13.2 Å². The van der Waals surface area contributed by atoms with Crippen molar-refractivity contribution in [2.75, 3.05) is 25.4 Å². The number of halogens is 3. The molecule has 1 unspecified atom stereocenters. The predicted molar refractivity (Wildman–Crippen MR) is 123 cm³/mol. The fourth-order valence-corrected chi connectivity index (χ4v) is 5.95. The zero-order valence-electron chi connectivity index (χ0n) is 19.3. The molecule has 3 heterocycles. The summed E-state index contributed by atoms with van der Waals surface area (Å²) in [6.45, 7) is 5.14. The van der Waals surface area contributed by atoms with Crippen LogP contribution in [0, 0.1) is 18.3 Å². The Bertz CT molecular complexity index is 1140. The second-order valence-corrected chi connectivity index (χ2v) is 10.6. The first-order chi connectivity index (χ1) is 16.2. The standard InChI is InChI=1S/C24H28F3N5OS/c1-16-20(33-15-28-16)21-29-30-22(31(21)2)34-11-3-9-32-10-8-23(14-32)13-19(23)12-17-4-6-18(7-5-17)24(25,26)27/h4-7,15,19H,3,8-14H2,1-2H3/t19?,23-/m1/s1. The van der Waals surface area contributed by atoms with Crippen LogP contribution in [0.5, 0.6) is 0 Å². The second kappa shape index (κ2) is 9.03. The van der Waals surface area contributed by atoms with E-state index < -0.39 is 11.7 Å². The smallest absolute Gasteiger partial charge is 0.416 e. The van der Waals surface area contributed by atoms with Crippen LogP contribution in [0.3, 0.4) is 0 Å². The lowest BCUT2D eigenvalue weighted by atomic mass is 9.98. The Hall–Kier alpha value is -2.33. The molecule has 10 heteroatoms. The third kappa shape index (κ3) is 4.75. The number of alkyl halides is 3. The van der Waals surface area contributed by atoms with Gasteiger partial charge in [0.2, 0.25) is 5.82 Å². The quantitative estimate of drug-likeness (QED) is 0.318. The molecule has 6 nitrogen and oxygen atoms in total. The van der Waals surface area contributed by atoms with E-state index in [0.29, 0.717) is 22.9 Å². The van der Waals surface area contributed by atoms with Gasteiger partial charge < -0.3 is 13.9 Å². The second-order valence-electron chi connectivity index (χ2n) is 9.52. The molecule has 0 N–H and O–H groups in total. The van der Waals surface area contributed by atoms with E-state index in [1.54, 1.807) is 23.9 Å². The van der Waals surface area contributed by atoms with Crippen LogP contribution in [0.25, 0.3) is 11.6 Å². The molecule has 34 heavy (non-hydrogen) atoms. The van der Waals surface area contributed by atoms with Crippen molar-refractivity contribution >= 4 is 11.8 Å². The van der Waals surface area contributed by atoms with Crippen LogP contribution in [-0.4, -0.2) is 50.0 Å². The molecule has 2 aliphatic rings. The molecule has 2 atom stereocenters. The Balaban J connectivity index is 1.06. The van der Waals surface area contributed by atoms with Crippen molar-refractivity contribution in [2.24, 2.45) is 18.4 Å². The number of benzene rings is 1. The van der Waals surface area contributed by atoms with E-state index >= 15 is 0 Å². The maximum atomic E-state index is 12.8. The largest absolute Gasteiger partial charge is 0.440 e. The van der Waals surface area contributed by atoms with E-state index in [1.807, 2.05) is 18.5 Å². The molecule has 3 aromatic rings. The number of rotatable bonds is 8. The molecule has 2 aromatic heterocycles. The molecule has 182 valence electrons. The summed E-state index contributed by atoms with van der Waals surface area (Å²) in [5.41, 5.74) is 1.60. The monoisotopic (exact) mass is 491 g/mol. The summed E-state index contributed by atoms with van der Waals surface area (Å²) in [4.78, 5) is 6.65. The third-order valence-corrected chi connectivity index (χ3v) is 8.33. The van der Waals surface area contributed by atoms with E-state index in [9.17, 15) is 13.2 Å². The maximum absolute atomic E-state index is 12.8. The van der Waals surface area contributed by atoms with Crippen LogP contribution in [0.2, 0.25) is 0 Å². The summed E-state index contributed by atoms with van der Waals surface area (Å²) in [6, 6.07) is 5.69. The number of nitrogens with zero attached hydrogens (tertiary/aromatic N) is 5. The molecule has 5 rings (SSSR count). The van der Waals surface area contributed by atoms with Crippen molar-refractivity contribution in [1.82, 2.24) is 24.6 Å². The highest BCUT2D eigenvalue weighted by molar-refractivity contribution is 7.99. The number of aromatic nitrogens is 4. The minimum absolute atomic E-state index is 0.364. The number of oxazole rings is 1. The van der Waals surface area contributed by atoms with Gasteiger partial charge in [-0.1, -0.05) is 23.9 Å². The van der Waals surface area contributed by atoms with Crippen LogP contribution in [0.1, 0.15) is 36.1 Å². The van der Waals surface area contributed by atoms with E-state index in [1.165, 1.54) is 31.4 Å². The van der Waals surface area contributed by atoms with E-state index in [-0.39, 0.29) is 0 Å². The molecular weight excluding hydrogens is 463 g/mol. The third-order valence-electron chi connectivity index (χ3n) is 7.22. The maximum Gasteiger partial charge on any atom is 0.416 e. The van der Waals surface area contributed by atoms with Gasteiger partial charge in [-0.05, 0) is 74.7 Å². The first-order valence-corrected chi connectivity index (χ1v) is 12.5. The van der Waals surface area contributed by atoms with Gasteiger partial charge >= 0.3 is 6.18 Å². The fourth-order valence-electron chi connectivity index (χ4n) is 5.12. The summed E-state index contributed by atoms with van der Waals surface area (Å²) < 4.78 is 45.7. The molecule has 1 spiro atoms. The highest BCUT2D eigenvalue weighted by Gasteiger charge is 2.56. The first kappa shape index (κ1) is 23.4. The first-order valence-electron chi connectivity index (χ1n) is 11.6. The van der Waals surface area contributed by atoms with Gasteiger partial charge in [-0.25, -0.2) is 4.98 Å². The number of likely N-dealkylation sites (tertiary alicyclic amines) is 1. The zero-order chi connectivity index (χ0) is 23.9. The van der Waals surface area contributed by atoms with E-state index in [2.05, 4.69) is 20.1 Å². The summed E-state index contributed by atoms with van der Waals surface area (Å²) in [5.74, 6) is 2.88. The van der Waals surface area contributed by atoms with E-state index in [4.69, 9.17) is 4.42 Å². The SMILES string of the molecule is Cc1ncoc1-c1nnc(SCCCN2CC[C@@]3(CC3Cc3ccc(C(F)(F)F)cc3)C2)n1C. The highest BCUT2D eigenvalue weighted by Crippen LogP contribution is 2.59. The lowest BCUT2D eigenvalue weighted by molar-refractivity contribution is -0.137. The van der Waals surface area contributed by atoms with Crippen molar-refractivity contribution in [3.63, 3.8) is 0 Å². The molecule has 1 aromatic carbocycles. The predicted octanol–water partition coefficient (Wildman–Crippen LogP) is 5.23. The topological polar surface area (TPSA) is 60.0 Å². The fraction of sp³-hybridized carbons (Fsp3) is 0.542. The Morgan fingerprint density at radius 2 is 2.00 bits per heavy atom. The number of aryl methyl sites for hydroxylation is 1. The Morgan fingerprint density at radius 1 is 1.21 bits per heavy atom. The molecule has 2 fully saturated rings. The highest BCUT2D eigenvalue weighted by atomic mass is 32.2. The number of hydrogen-bond donors (Lipinski definition) is 0. The molecular formula is C24H28F3N5OS. The average molecular weight is 492 g/mol. The van der Waals surface area contributed by atoms with Crippen LogP contribution >= 0.6 is 11.8 Å². The molecule has 1 aliphatic heterocycles. The van der Waals surface area contributed by atoms with Gasteiger partial charge in [-0.15, -0.1) is 10.2 Å². The van der Waals surface area contributed by atoms with Gasteiger partial charge in [0.25, 0.3) is 0 Å². The van der Waals surface area contributed by atoms with Crippen molar-refractivity contribution in [1.29, 1.82) is 0 Å². The molecule has 0 amide bonds. The summed E-state index contributed by atoms with van der Waals surface area (Å²) in [7, 11) is 1.94. The van der Waals surface area contributed by atoms with Crippen molar-refractivity contribution in [2.45, 2.75) is 43.9 Å². The van der Waals surface area contributed by atoms with Crippen LogP contribution < -0.4 is 0 Å². The lowest BCUT2D eigenvalue weighted by Crippen LogP contribution is -2.23. The van der Waals surface area contributed by atoms with Crippen LogP contribution in [-0.2, 0) is 19.6 Å². The van der Waals surface area contributed by atoms with Gasteiger partial charge in [-0.3, -0.25) is 0 Å². The van der Waals surface area contributed by atoms with Gasteiger partial charge in [0.1, 0.15) is 0 Å². The normalized spacial score (nSPS) is 22.7. The summed E-state index contributed by atoms with van der Waals surface area (Å²) in [6.07, 6.45) is 1.46. The Morgan fingerprint density at radius 3 is 2.71 bits per heavy atom. The van der Waals surface area contributed by atoms with Crippen molar-refractivity contribution in [3.05, 3.63) is 47.5 Å². The van der Waals surface area contributed by atoms with Crippen LogP contribution in [0.4, 0.5) is 13.2 Å². The van der Waals surface area contributed by atoms with Gasteiger partial charge in [0.05, 0.1) is 11.3 Å². The average Bonchev–Trinajstić information content (AvgIpc) is 3.12. The van der Waals surface area contributed by atoms with Crippen molar-refractivity contribution in [3.8, 4) is 11.6 Å². The van der Waals surface area contributed by atoms with Gasteiger partial charge in [0, 0.05) is 19.3 Å². The lowest BCUT2D eigenvalue weighted by Gasteiger charge is -2.16. The minimum atomic E-state index is -4.27. The molecule has 1 aliphatic carbocycles. The zero-order valence-corrected chi connectivity index (χ0v) is 20.1. The molecule has 0 bridgehead atoms. The summed E-state index contributed by atoms with van der Waals surface area (Å²) in [5, 5.41) is 9.41.